The zero-order valence-electron chi connectivity index (χ0n) is 14.4. The Morgan fingerprint density at radius 3 is 2.74 bits per heavy atom. The highest BCUT2D eigenvalue weighted by Crippen LogP contribution is 2.21. The first-order valence-electron chi connectivity index (χ1n) is 8.50. The number of nitrogens with zero attached hydrogens (tertiary/aromatic N) is 4. The van der Waals surface area contributed by atoms with Crippen LogP contribution in [0.2, 0.25) is 0 Å². The molecule has 5 heteroatoms. The van der Waals surface area contributed by atoms with Crippen molar-refractivity contribution in [3.05, 3.63) is 42.2 Å². The van der Waals surface area contributed by atoms with Crippen LogP contribution in [0.4, 0.5) is 0 Å². The lowest BCUT2D eigenvalue weighted by Gasteiger charge is -2.26. The molecule has 5 nitrogen and oxygen atoms in total. The molecular formula is C18H27N5. The van der Waals surface area contributed by atoms with Crippen molar-refractivity contribution >= 4 is 0 Å². The van der Waals surface area contributed by atoms with Crippen molar-refractivity contribution in [1.29, 1.82) is 0 Å². The lowest BCUT2D eigenvalue weighted by Crippen LogP contribution is -2.39. The fourth-order valence-corrected chi connectivity index (χ4v) is 3.24. The van der Waals surface area contributed by atoms with E-state index in [0.29, 0.717) is 0 Å². The summed E-state index contributed by atoms with van der Waals surface area (Å²) < 4.78 is 1.84. The van der Waals surface area contributed by atoms with Gasteiger partial charge in [-0.1, -0.05) is 23.4 Å². The summed E-state index contributed by atoms with van der Waals surface area (Å²) in [5, 5.41) is 12.3. The standard InChI is InChI=1S/C18H27N5/c1-18(2,19-12-11-15-10-7-13-22(15)3)17-14-23(21-20-17)16-8-5-4-6-9-16/h4-6,8-9,14-15,19H,7,10-13H2,1-3H3/t15-/m0/s1. The molecule has 23 heavy (non-hydrogen) atoms. The van der Waals surface area contributed by atoms with Gasteiger partial charge in [0.05, 0.1) is 17.4 Å². The molecule has 1 saturated heterocycles. The third-order valence-electron chi connectivity index (χ3n) is 4.87. The summed E-state index contributed by atoms with van der Waals surface area (Å²) in [6.45, 7) is 6.58. The normalized spacial score (nSPS) is 19.3. The van der Waals surface area contributed by atoms with Crippen molar-refractivity contribution in [2.24, 2.45) is 0 Å². The molecule has 1 aromatic heterocycles. The lowest BCUT2D eigenvalue weighted by molar-refractivity contribution is 0.279. The molecule has 1 aliphatic heterocycles. The molecule has 0 amide bonds. The molecule has 2 heterocycles. The quantitative estimate of drug-likeness (QED) is 0.890. The van der Waals surface area contributed by atoms with Crippen LogP contribution in [0.5, 0.6) is 0 Å². The number of nitrogens with one attached hydrogen (secondary N) is 1. The van der Waals surface area contributed by atoms with Gasteiger partial charge in [-0.25, -0.2) is 4.68 Å². The van der Waals surface area contributed by atoms with E-state index in [2.05, 4.69) is 41.4 Å². The van der Waals surface area contributed by atoms with Crippen LogP contribution in [0.1, 0.15) is 38.8 Å². The van der Waals surface area contributed by atoms with Gasteiger partial charge in [-0.05, 0) is 65.4 Å². The second-order valence-electron chi connectivity index (χ2n) is 7.00. The maximum absolute atomic E-state index is 4.37. The van der Waals surface area contributed by atoms with Gasteiger partial charge in [0.25, 0.3) is 0 Å². The smallest absolute Gasteiger partial charge is 0.103 e. The van der Waals surface area contributed by atoms with Crippen LogP contribution in [0.25, 0.3) is 5.69 Å². The molecule has 0 saturated carbocycles. The summed E-state index contributed by atoms with van der Waals surface area (Å²) in [4.78, 5) is 2.47. The molecule has 0 bridgehead atoms. The molecule has 1 N–H and O–H groups in total. The zero-order chi connectivity index (χ0) is 16.3. The average Bonchev–Trinajstić information content (AvgIpc) is 3.18. The van der Waals surface area contributed by atoms with Crippen LogP contribution in [-0.2, 0) is 5.54 Å². The minimum atomic E-state index is -0.176. The third kappa shape index (κ3) is 3.79. The summed E-state index contributed by atoms with van der Waals surface area (Å²) in [7, 11) is 2.23. The third-order valence-corrected chi connectivity index (χ3v) is 4.87. The zero-order valence-corrected chi connectivity index (χ0v) is 14.4. The largest absolute Gasteiger partial charge is 0.306 e. The second kappa shape index (κ2) is 6.81. The number of benzene rings is 1. The van der Waals surface area contributed by atoms with Crippen LogP contribution in [-0.4, -0.2) is 46.1 Å². The van der Waals surface area contributed by atoms with Crippen molar-refractivity contribution in [1.82, 2.24) is 25.2 Å². The number of rotatable bonds is 6. The fourth-order valence-electron chi connectivity index (χ4n) is 3.24. The van der Waals surface area contributed by atoms with Crippen LogP contribution < -0.4 is 5.32 Å². The van der Waals surface area contributed by atoms with Gasteiger partial charge in [0.15, 0.2) is 0 Å². The molecule has 0 unspecified atom stereocenters. The van der Waals surface area contributed by atoms with Gasteiger partial charge < -0.3 is 10.2 Å². The number of para-hydroxylation sites is 1. The molecule has 1 atom stereocenters. The van der Waals surface area contributed by atoms with Gasteiger partial charge in [0.1, 0.15) is 5.69 Å². The maximum atomic E-state index is 4.37. The fraction of sp³-hybridized carbons (Fsp3) is 0.556. The Labute approximate surface area is 138 Å². The van der Waals surface area contributed by atoms with Gasteiger partial charge in [-0.2, -0.15) is 0 Å². The molecule has 1 fully saturated rings. The minimum absolute atomic E-state index is 0.176. The molecule has 2 aromatic rings. The molecule has 124 valence electrons. The highest BCUT2D eigenvalue weighted by Gasteiger charge is 2.25. The summed E-state index contributed by atoms with van der Waals surface area (Å²) in [5.41, 5.74) is 1.83. The SMILES string of the molecule is CN1CCC[C@H]1CCNC(C)(C)c1cn(-c2ccccc2)nn1. The number of hydrogen-bond acceptors (Lipinski definition) is 4. The molecule has 1 aromatic carbocycles. The van der Waals surface area contributed by atoms with Crippen LogP contribution in [0, 0.1) is 0 Å². The lowest BCUT2D eigenvalue weighted by atomic mass is 10.0. The first-order valence-corrected chi connectivity index (χ1v) is 8.50. The van der Waals surface area contributed by atoms with E-state index in [0.717, 1.165) is 24.0 Å². The van der Waals surface area contributed by atoms with Gasteiger partial charge >= 0.3 is 0 Å². The molecule has 1 aliphatic rings. The van der Waals surface area contributed by atoms with Crippen molar-refractivity contribution in [2.45, 2.75) is 44.7 Å². The van der Waals surface area contributed by atoms with E-state index in [4.69, 9.17) is 0 Å². The van der Waals surface area contributed by atoms with Gasteiger partial charge in [0.2, 0.25) is 0 Å². The Balaban J connectivity index is 1.60. The highest BCUT2D eigenvalue weighted by molar-refractivity contribution is 5.30. The van der Waals surface area contributed by atoms with Crippen LogP contribution in [0.3, 0.4) is 0 Å². The van der Waals surface area contributed by atoms with E-state index >= 15 is 0 Å². The summed E-state index contributed by atoms with van der Waals surface area (Å²) >= 11 is 0. The van der Waals surface area contributed by atoms with E-state index in [1.807, 2.05) is 41.2 Å². The molecule has 3 rings (SSSR count). The molecular weight excluding hydrogens is 286 g/mol. The topological polar surface area (TPSA) is 46.0 Å². The van der Waals surface area contributed by atoms with Crippen LogP contribution >= 0.6 is 0 Å². The second-order valence-corrected chi connectivity index (χ2v) is 7.00. The summed E-state index contributed by atoms with van der Waals surface area (Å²) in [5.74, 6) is 0. The molecule has 0 aliphatic carbocycles. The van der Waals surface area contributed by atoms with E-state index in [9.17, 15) is 0 Å². The van der Waals surface area contributed by atoms with E-state index < -0.39 is 0 Å². The van der Waals surface area contributed by atoms with Crippen LogP contribution in [0.15, 0.2) is 36.5 Å². The Bertz CT molecular complexity index is 619. The number of aromatic nitrogens is 3. The van der Waals surface area contributed by atoms with Gasteiger partial charge in [0, 0.05) is 6.04 Å². The maximum Gasteiger partial charge on any atom is 0.103 e. The molecule has 0 spiro atoms. The van der Waals surface area contributed by atoms with Gasteiger partial charge in [-0.15, -0.1) is 5.10 Å². The van der Waals surface area contributed by atoms with Crippen molar-refractivity contribution < 1.29 is 0 Å². The number of hydrogen-bond donors (Lipinski definition) is 1. The minimum Gasteiger partial charge on any atom is -0.306 e. The first-order chi connectivity index (χ1) is 11.1. The monoisotopic (exact) mass is 313 g/mol. The molecule has 0 radical (unpaired) electrons. The van der Waals surface area contributed by atoms with Crippen molar-refractivity contribution in [3.8, 4) is 5.69 Å². The van der Waals surface area contributed by atoms with E-state index in [-0.39, 0.29) is 5.54 Å². The Kier molecular flexibility index (Phi) is 4.78. The van der Waals surface area contributed by atoms with Gasteiger partial charge in [-0.3, -0.25) is 0 Å². The Morgan fingerprint density at radius 2 is 2.04 bits per heavy atom. The Morgan fingerprint density at radius 1 is 1.26 bits per heavy atom. The highest BCUT2D eigenvalue weighted by atomic mass is 15.4. The summed E-state index contributed by atoms with van der Waals surface area (Å²) in [6, 6.07) is 10.8. The van der Waals surface area contributed by atoms with Crippen molar-refractivity contribution in [3.63, 3.8) is 0 Å². The van der Waals surface area contributed by atoms with E-state index in [1.165, 1.54) is 25.8 Å². The number of likely N-dealkylation sites (tertiary alicyclic amines) is 1. The average molecular weight is 313 g/mol. The predicted octanol–water partition coefficient (Wildman–Crippen LogP) is 2.58. The Hall–Kier alpha value is -1.72. The first kappa shape index (κ1) is 16.1. The summed E-state index contributed by atoms with van der Waals surface area (Å²) in [6.07, 6.45) is 5.86. The van der Waals surface area contributed by atoms with E-state index in [1.54, 1.807) is 0 Å². The predicted molar refractivity (Wildman–Crippen MR) is 92.7 cm³/mol. The van der Waals surface area contributed by atoms with Crippen molar-refractivity contribution in [2.75, 3.05) is 20.1 Å².